The molecule has 2 rings (SSSR count). The van der Waals surface area contributed by atoms with Crippen LogP contribution in [0.3, 0.4) is 0 Å². The van der Waals surface area contributed by atoms with E-state index in [9.17, 15) is 0 Å². The van der Waals surface area contributed by atoms with Crippen LogP contribution in [-0.2, 0) is 13.1 Å². The summed E-state index contributed by atoms with van der Waals surface area (Å²) in [6.45, 7) is 4.63. The monoisotopic (exact) mass is 293 g/mol. The highest BCUT2D eigenvalue weighted by Crippen LogP contribution is 2.23. The van der Waals surface area contributed by atoms with Gasteiger partial charge in [-0.3, -0.25) is 4.68 Å². The van der Waals surface area contributed by atoms with Crippen LogP contribution in [0.5, 0.6) is 5.75 Å². The van der Waals surface area contributed by atoms with Crippen molar-refractivity contribution in [2.45, 2.75) is 26.4 Å². The number of methoxy groups -OCH3 is 1. The molecule has 0 bridgehead atoms. The summed E-state index contributed by atoms with van der Waals surface area (Å²) in [7, 11) is 1.67. The topological polar surface area (TPSA) is 39.1 Å². The van der Waals surface area contributed by atoms with E-state index in [1.807, 2.05) is 35.1 Å². The van der Waals surface area contributed by atoms with Crippen LogP contribution in [0.4, 0.5) is 0 Å². The van der Waals surface area contributed by atoms with Crippen LogP contribution in [0.2, 0.25) is 5.02 Å². The molecule has 0 atom stereocenters. The molecule has 0 spiro atoms. The standard InChI is InChI=1S/C15H20ClN3O/c1-3-7-17-10-14-6-8-18-19(14)11-12-9-13(16)4-5-15(12)20-2/h4-6,8-9,17H,3,7,10-11H2,1-2H3. The van der Waals surface area contributed by atoms with Gasteiger partial charge in [-0.2, -0.15) is 5.10 Å². The molecule has 0 aliphatic rings. The van der Waals surface area contributed by atoms with Crippen LogP contribution in [0.15, 0.2) is 30.5 Å². The van der Waals surface area contributed by atoms with E-state index in [0.29, 0.717) is 11.6 Å². The SMILES string of the molecule is CCCNCc1ccnn1Cc1cc(Cl)ccc1OC. The number of benzene rings is 1. The lowest BCUT2D eigenvalue weighted by Gasteiger charge is -2.12. The predicted octanol–water partition coefficient (Wildman–Crippen LogP) is 3.09. The largest absolute Gasteiger partial charge is 0.496 e. The number of hydrogen-bond acceptors (Lipinski definition) is 3. The molecule has 0 amide bonds. The molecule has 1 aromatic heterocycles. The van der Waals surface area contributed by atoms with Gasteiger partial charge in [0.2, 0.25) is 0 Å². The minimum absolute atomic E-state index is 0.653. The Hall–Kier alpha value is -1.52. The lowest BCUT2D eigenvalue weighted by molar-refractivity contribution is 0.407. The summed E-state index contributed by atoms with van der Waals surface area (Å²) in [5.41, 5.74) is 2.18. The highest BCUT2D eigenvalue weighted by Gasteiger charge is 2.08. The fourth-order valence-corrected chi connectivity index (χ4v) is 2.27. The molecule has 0 radical (unpaired) electrons. The van der Waals surface area contributed by atoms with Crippen LogP contribution >= 0.6 is 11.6 Å². The van der Waals surface area contributed by atoms with Crippen molar-refractivity contribution in [3.8, 4) is 5.75 Å². The second-order valence-corrected chi connectivity index (χ2v) is 5.05. The molecule has 4 nitrogen and oxygen atoms in total. The van der Waals surface area contributed by atoms with Crippen LogP contribution in [0.25, 0.3) is 0 Å². The minimum Gasteiger partial charge on any atom is -0.496 e. The average Bonchev–Trinajstić information content (AvgIpc) is 2.87. The van der Waals surface area contributed by atoms with Gasteiger partial charge in [0.05, 0.1) is 19.3 Å². The quantitative estimate of drug-likeness (QED) is 0.797. The van der Waals surface area contributed by atoms with Gasteiger partial charge in [0.15, 0.2) is 0 Å². The van der Waals surface area contributed by atoms with Crippen molar-refractivity contribution in [3.05, 3.63) is 46.7 Å². The summed E-state index contributed by atoms with van der Waals surface area (Å²) in [4.78, 5) is 0. The number of rotatable bonds is 7. The molecule has 1 heterocycles. The number of aromatic nitrogens is 2. The molecule has 0 saturated carbocycles. The number of halogens is 1. The number of nitrogens with zero attached hydrogens (tertiary/aromatic N) is 2. The molecule has 1 aromatic carbocycles. The first-order valence-corrected chi connectivity index (χ1v) is 7.16. The maximum atomic E-state index is 6.06. The zero-order chi connectivity index (χ0) is 14.4. The predicted molar refractivity (Wildman–Crippen MR) is 81.3 cm³/mol. The molecule has 0 saturated heterocycles. The van der Waals surface area contributed by atoms with Gasteiger partial charge in [0.1, 0.15) is 5.75 Å². The van der Waals surface area contributed by atoms with E-state index in [2.05, 4.69) is 17.3 Å². The molecular weight excluding hydrogens is 274 g/mol. The summed E-state index contributed by atoms with van der Waals surface area (Å²) < 4.78 is 7.34. The Labute approximate surface area is 124 Å². The zero-order valence-electron chi connectivity index (χ0n) is 11.9. The molecule has 2 aromatic rings. The maximum Gasteiger partial charge on any atom is 0.124 e. The lowest BCUT2D eigenvalue weighted by Crippen LogP contribution is -2.18. The first-order valence-electron chi connectivity index (χ1n) is 6.78. The summed E-state index contributed by atoms with van der Waals surface area (Å²) >= 11 is 6.06. The molecule has 0 aliphatic carbocycles. The Kier molecular flexibility index (Phi) is 5.44. The second kappa shape index (κ2) is 7.31. The summed E-state index contributed by atoms with van der Waals surface area (Å²) in [6, 6.07) is 7.66. The van der Waals surface area contributed by atoms with E-state index < -0.39 is 0 Å². The van der Waals surface area contributed by atoms with E-state index in [1.54, 1.807) is 7.11 Å². The minimum atomic E-state index is 0.653. The Bertz CT molecular complexity index is 554. The Balaban J connectivity index is 2.14. The molecule has 0 aliphatic heterocycles. The van der Waals surface area contributed by atoms with E-state index in [0.717, 1.165) is 36.5 Å². The zero-order valence-corrected chi connectivity index (χ0v) is 12.7. The van der Waals surface area contributed by atoms with Crippen molar-refractivity contribution in [1.29, 1.82) is 0 Å². The summed E-state index contributed by atoms with van der Waals surface area (Å²) in [5.74, 6) is 0.831. The van der Waals surface area contributed by atoms with Crippen LogP contribution in [0.1, 0.15) is 24.6 Å². The molecule has 5 heteroatoms. The van der Waals surface area contributed by atoms with Crippen LogP contribution < -0.4 is 10.1 Å². The fraction of sp³-hybridized carbons (Fsp3) is 0.400. The van der Waals surface area contributed by atoms with E-state index >= 15 is 0 Å². The van der Waals surface area contributed by atoms with Gasteiger partial charge in [-0.15, -0.1) is 0 Å². The normalized spacial score (nSPS) is 10.8. The van der Waals surface area contributed by atoms with Gasteiger partial charge >= 0.3 is 0 Å². The highest BCUT2D eigenvalue weighted by molar-refractivity contribution is 6.30. The van der Waals surface area contributed by atoms with Crippen LogP contribution in [-0.4, -0.2) is 23.4 Å². The fourth-order valence-electron chi connectivity index (χ4n) is 2.08. The van der Waals surface area contributed by atoms with Gasteiger partial charge in [0.25, 0.3) is 0 Å². The third kappa shape index (κ3) is 3.74. The van der Waals surface area contributed by atoms with Crippen molar-refractivity contribution in [3.63, 3.8) is 0 Å². The smallest absolute Gasteiger partial charge is 0.124 e. The molecule has 0 unspecified atom stereocenters. The van der Waals surface area contributed by atoms with Crippen molar-refractivity contribution in [2.24, 2.45) is 0 Å². The number of hydrogen-bond donors (Lipinski definition) is 1. The van der Waals surface area contributed by atoms with E-state index in [1.165, 1.54) is 0 Å². The molecule has 108 valence electrons. The number of ether oxygens (including phenoxy) is 1. The van der Waals surface area contributed by atoms with E-state index in [4.69, 9.17) is 16.3 Å². The average molecular weight is 294 g/mol. The Morgan fingerprint density at radius 1 is 1.35 bits per heavy atom. The highest BCUT2D eigenvalue weighted by atomic mass is 35.5. The second-order valence-electron chi connectivity index (χ2n) is 4.61. The van der Waals surface area contributed by atoms with Crippen molar-refractivity contribution in [2.75, 3.05) is 13.7 Å². The van der Waals surface area contributed by atoms with Crippen molar-refractivity contribution in [1.82, 2.24) is 15.1 Å². The lowest BCUT2D eigenvalue weighted by atomic mass is 10.2. The van der Waals surface area contributed by atoms with Crippen molar-refractivity contribution >= 4 is 11.6 Å². The Morgan fingerprint density at radius 2 is 2.20 bits per heavy atom. The summed E-state index contributed by atoms with van der Waals surface area (Å²) in [6.07, 6.45) is 2.94. The maximum absolute atomic E-state index is 6.06. The first-order chi connectivity index (χ1) is 9.74. The molecule has 1 N–H and O–H groups in total. The van der Waals surface area contributed by atoms with Gasteiger partial charge in [-0.1, -0.05) is 18.5 Å². The molecule has 0 fully saturated rings. The molecular formula is C15H20ClN3O. The first kappa shape index (κ1) is 14.9. The third-order valence-corrected chi connectivity index (χ3v) is 3.34. The van der Waals surface area contributed by atoms with Gasteiger partial charge in [0, 0.05) is 23.3 Å². The van der Waals surface area contributed by atoms with Gasteiger partial charge in [-0.05, 0) is 37.2 Å². The van der Waals surface area contributed by atoms with Crippen LogP contribution in [0, 0.1) is 0 Å². The summed E-state index contributed by atoms with van der Waals surface area (Å²) in [5, 5.41) is 8.47. The number of nitrogens with one attached hydrogen (secondary N) is 1. The third-order valence-electron chi connectivity index (χ3n) is 3.10. The van der Waals surface area contributed by atoms with Crippen molar-refractivity contribution < 1.29 is 4.74 Å². The Morgan fingerprint density at radius 3 is 2.95 bits per heavy atom. The van der Waals surface area contributed by atoms with Gasteiger partial charge < -0.3 is 10.1 Å². The molecule has 20 heavy (non-hydrogen) atoms. The van der Waals surface area contributed by atoms with Gasteiger partial charge in [-0.25, -0.2) is 0 Å². The van der Waals surface area contributed by atoms with E-state index in [-0.39, 0.29) is 0 Å².